The highest BCUT2D eigenvalue weighted by Crippen LogP contribution is 2.12. The van der Waals surface area contributed by atoms with E-state index < -0.39 is 11.9 Å². The van der Waals surface area contributed by atoms with Gasteiger partial charge in [0, 0.05) is 11.9 Å². The summed E-state index contributed by atoms with van der Waals surface area (Å²) in [6.07, 6.45) is 1.62. The summed E-state index contributed by atoms with van der Waals surface area (Å²) in [5, 5.41) is 0. The number of aryl methyl sites for hydroxylation is 1. The number of benzene rings is 2. The highest BCUT2D eigenvalue weighted by atomic mass is 16.5. The third-order valence-electron chi connectivity index (χ3n) is 4.07. The van der Waals surface area contributed by atoms with Crippen molar-refractivity contribution in [2.45, 2.75) is 13.5 Å². The Morgan fingerprint density at radius 3 is 2.11 bits per heavy atom. The van der Waals surface area contributed by atoms with Crippen LogP contribution in [-0.2, 0) is 16.1 Å². The summed E-state index contributed by atoms with van der Waals surface area (Å²) in [6.45, 7) is 1.89. The Balaban J connectivity index is 1.65. The van der Waals surface area contributed by atoms with Crippen LogP contribution in [0.1, 0.15) is 32.0 Å². The zero-order valence-electron chi connectivity index (χ0n) is 14.9. The van der Waals surface area contributed by atoms with Crippen LogP contribution in [0, 0.1) is 6.92 Å². The molecule has 0 atom stereocenters. The summed E-state index contributed by atoms with van der Waals surface area (Å²) in [7, 11) is 1.32. The summed E-state index contributed by atoms with van der Waals surface area (Å²) in [5.74, 6) is -0.896. The number of hydrogen-bond donors (Lipinski definition) is 1. The van der Waals surface area contributed by atoms with Gasteiger partial charge in [0.2, 0.25) is 0 Å². The SMILES string of the molecule is COC(=O)c1ccc(COC(=O)c2ccc(-n3c(C)c[nH]c3=O)cc2)cc1. The maximum absolute atomic E-state index is 12.2. The minimum absolute atomic E-state index is 0.0818. The summed E-state index contributed by atoms with van der Waals surface area (Å²) in [4.78, 5) is 38.0. The molecule has 27 heavy (non-hydrogen) atoms. The molecule has 0 aliphatic heterocycles. The van der Waals surface area contributed by atoms with Crippen LogP contribution in [0.5, 0.6) is 0 Å². The second kappa shape index (κ2) is 7.74. The predicted octanol–water partition coefficient (Wildman–Crippen LogP) is 2.62. The van der Waals surface area contributed by atoms with Crippen LogP contribution < -0.4 is 5.69 Å². The Kier molecular flexibility index (Phi) is 5.21. The number of imidazole rings is 1. The zero-order valence-corrected chi connectivity index (χ0v) is 14.9. The van der Waals surface area contributed by atoms with E-state index in [0.29, 0.717) is 16.8 Å². The molecular weight excluding hydrogens is 348 g/mol. The maximum atomic E-state index is 12.2. The molecular formula is C20H18N2O5. The van der Waals surface area contributed by atoms with Gasteiger partial charge in [0.1, 0.15) is 6.61 Å². The summed E-state index contributed by atoms with van der Waals surface area (Å²) in [5.41, 5.74) is 2.75. The average molecular weight is 366 g/mol. The summed E-state index contributed by atoms with van der Waals surface area (Å²) < 4.78 is 11.4. The Labute approximate surface area is 155 Å². The zero-order chi connectivity index (χ0) is 19.4. The first-order chi connectivity index (χ1) is 13.0. The molecule has 0 unspecified atom stereocenters. The van der Waals surface area contributed by atoms with Gasteiger partial charge in [0.15, 0.2) is 0 Å². The van der Waals surface area contributed by atoms with Crippen molar-refractivity contribution < 1.29 is 19.1 Å². The number of methoxy groups -OCH3 is 1. The molecule has 7 heteroatoms. The molecule has 0 aliphatic rings. The minimum Gasteiger partial charge on any atom is -0.465 e. The quantitative estimate of drug-likeness (QED) is 0.701. The van der Waals surface area contributed by atoms with Gasteiger partial charge in [-0.2, -0.15) is 0 Å². The topological polar surface area (TPSA) is 90.4 Å². The first-order valence-electron chi connectivity index (χ1n) is 8.21. The Bertz CT molecular complexity index is 1010. The monoisotopic (exact) mass is 366 g/mol. The number of esters is 2. The highest BCUT2D eigenvalue weighted by Gasteiger charge is 2.10. The van der Waals surface area contributed by atoms with Crippen molar-refractivity contribution in [1.82, 2.24) is 9.55 Å². The van der Waals surface area contributed by atoms with Gasteiger partial charge in [-0.25, -0.2) is 14.4 Å². The molecule has 1 N–H and O–H groups in total. The lowest BCUT2D eigenvalue weighted by Crippen LogP contribution is -2.16. The van der Waals surface area contributed by atoms with Gasteiger partial charge >= 0.3 is 17.6 Å². The van der Waals surface area contributed by atoms with Crippen LogP contribution in [0.15, 0.2) is 59.5 Å². The van der Waals surface area contributed by atoms with E-state index in [0.717, 1.165) is 11.3 Å². The first kappa shape index (κ1) is 18.2. The van der Waals surface area contributed by atoms with Crippen LogP contribution >= 0.6 is 0 Å². The first-order valence-corrected chi connectivity index (χ1v) is 8.21. The van der Waals surface area contributed by atoms with E-state index in [4.69, 9.17) is 4.74 Å². The number of aromatic amines is 1. The molecule has 0 aliphatic carbocycles. The Morgan fingerprint density at radius 1 is 0.963 bits per heavy atom. The highest BCUT2D eigenvalue weighted by molar-refractivity contribution is 5.90. The van der Waals surface area contributed by atoms with Crippen molar-refractivity contribution in [2.24, 2.45) is 0 Å². The van der Waals surface area contributed by atoms with Gasteiger partial charge in [-0.05, 0) is 48.9 Å². The Morgan fingerprint density at radius 2 is 1.56 bits per heavy atom. The maximum Gasteiger partial charge on any atom is 0.338 e. The fourth-order valence-electron chi connectivity index (χ4n) is 2.61. The van der Waals surface area contributed by atoms with Crippen LogP contribution in [0.25, 0.3) is 5.69 Å². The van der Waals surface area contributed by atoms with Gasteiger partial charge < -0.3 is 14.5 Å². The van der Waals surface area contributed by atoms with E-state index in [-0.39, 0.29) is 12.3 Å². The van der Waals surface area contributed by atoms with E-state index in [1.165, 1.54) is 11.7 Å². The number of nitrogens with zero attached hydrogens (tertiary/aromatic N) is 1. The molecule has 1 aromatic heterocycles. The van der Waals surface area contributed by atoms with Gasteiger partial charge in [0.25, 0.3) is 0 Å². The fraction of sp³-hybridized carbons (Fsp3) is 0.150. The summed E-state index contributed by atoms with van der Waals surface area (Å²) in [6, 6.07) is 13.2. The van der Waals surface area contributed by atoms with Gasteiger partial charge in [-0.3, -0.25) is 4.57 Å². The summed E-state index contributed by atoms with van der Waals surface area (Å²) >= 11 is 0. The number of carbonyl (C=O) groups is 2. The molecule has 0 amide bonds. The van der Waals surface area contributed by atoms with E-state index in [9.17, 15) is 14.4 Å². The van der Waals surface area contributed by atoms with Crippen molar-refractivity contribution in [3.63, 3.8) is 0 Å². The molecule has 3 rings (SSSR count). The van der Waals surface area contributed by atoms with Crippen molar-refractivity contribution in [3.8, 4) is 5.69 Å². The van der Waals surface area contributed by atoms with Gasteiger partial charge in [-0.1, -0.05) is 12.1 Å². The number of rotatable bonds is 5. The number of H-pyrrole nitrogens is 1. The van der Waals surface area contributed by atoms with Crippen LogP contribution in [0.2, 0.25) is 0 Å². The smallest absolute Gasteiger partial charge is 0.338 e. The van der Waals surface area contributed by atoms with Crippen LogP contribution in [0.3, 0.4) is 0 Å². The van der Waals surface area contributed by atoms with E-state index >= 15 is 0 Å². The molecule has 3 aromatic rings. The van der Waals surface area contributed by atoms with Gasteiger partial charge in [0.05, 0.1) is 23.9 Å². The predicted molar refractivity (Wildman–Crippen MR) is 98.0 cm³/mol. The molecule has 0 saturated carbocycles. The number of carbonyl (C=O) groups excluding carboxylic acids is 2. The standard InChI is InChI=1S/C20H18N2O5/c1-13-11-21-20(25)22(13)17-9-7-16(8-10-17)19(24)27-12-14-3-5-15(6-4-14)18(23)26-2/h3-11H,12H2,1-2H3,(H,21,25). The van der Waals surface area contributed by atoms with E-state index in [2.05, 4.69) is 9.72 Å². The molecule has 0 spiro atoms. The molecule has 0 saturated heterocycles. The minimum atomic E-state index is -0.475. The van der Waals surface area contributed by atoms with Crippen LogP contribution in [0.4, 0.5) is 0 Å². The molecule has 1 heterocycles. The molecule has 0 radical (unpaired) electrons. The number of hydrogen-bond acceptors (Lipinski definition) is 5. The third-order valence-corrected chi connectivity index (χ3v) is 4.07. The second-order valence-electron chi connectivity index (χ2n) is 5.88. The number of ether oxygens (including phenoxy) is 2. The van der Waals surface area contributed by atoms with Crippen molar-refractivity contribution >= 4 is 11.9 Å². The van der Waals surface area contributed by atoms with Crippen molar-refractivity contribution in [2.75, 3.05) is 7.11 Å². The molecule has 138 valence electrons. The van der Waals surface area contributed by atoms with Crippen molar-refractivity contribution in [3.05, 3.63) is 87.6 Å². The normalized spacial score (nSPS) is 10.4. The Hall–Kier alpha value is -3.61. The molecule has 2 aromatic carbocycles. The lowest BCUT2D eigenvalue weighted by Gasteiger charge is -2.08. The molecule has 0 bridgehead atoms. The third kappa shape index (κ3) is 3.98. The average Bonchev–Trinajstić information content (AvgIpc) is 3.04. The van der Waals surface area contributed by atoms with Crippen molar-refractivity contribution in [1.29, 1.82) is 0 Å². The number of nitrogens with one attached hydrogen (secondary N) is 1. The van der Waals surface area contributed by atoms with Crippen LogP contribution in [-0.4, -0.2) is 28.6 Å². The largest absolute Gasteiger partial charge is 0.465 e. The second-order valence-corrected chi connectivity index (χ2v) is 5.88. The van der Waals surface area contributed by atoms with E-state index in [1.54, 1.807) is 54.7 Å². The lowest BCUT2D eigenvalue weighted by molar-refractivity contribution is 0.0471. The number of aromatic nitrogens is 2. The molecule has 7 nitrogen and oxygen atoms in total. The molecule has 0 fully saturated rings. The van der Waals surface area contributed by atoms with E-state index in [1.807, 2.05) is 6.92 Å². The lowest BCUT2D eigenvalue weighted by atomic mass is 10.1. The van der Waals surface area contributed by atoms with Gasteiger partial charge in [-0.15, -0.1) is 0 Å². The fourth-order valence-corrected chi connectivity index (χ4v) is 2.61.